The van der Waals surface area contributed by atoms with Gasteiger partial charge in [0.1, 0.15) is 11.6 Å². The van der Waals surface area contributed by atoms with E-state index in [1.165, 1.54) is 23.9 Å². The summed E-state index contributed by atoms with van der Waals surface area (Å²) in [6.07, 6.45) is 1.60. The first kappa shape index (κ1) is 16.3. The molecule has 2 aromatic carbocycles. The molecule has 2 aromatic heterocycles. The Labute approximate surface area is 151 Å². The summed E-state index contributed by atoms with van der Waals surface area (Å²) >= 11 is 1.36. The van der Waals surface area contributed by atoms with E-state index < -0.39 is 0 Å². The number of halogens is 1. The zero-order valence-corrected chi connectivity index (χ0v) is 14.1. The molecule has 1 N–H and O–H groups in total. The Bertz CT molecular complexity index is 1010. The molecule has 7 nitrogen and oxygen atoms in total. The minimum absolute atomic E-state index is 0.170. The fourth-order valence-electron chi connectivity index (χ4n) is 2.28. The van der Waals surface area contributed by atoms with Gasteiger partial charge in [-0.1, -0.05) is 11.8 Å². The van der Waals surface area contributed by atoms with E-state index in [-0.39, 0.29) is 11.6 Å². The molecule has 0 fully saturated rings. The lowest BCUT2D eigenvalue weighted by Gasteiger charge is -2.03. The summed E-state index contributed by atoms with van der Waals surface area (Å²) < 4.78 is 20.3. The minimum Gasteiger partial charge on any atom is -0.508 e. The number of phenols is 1. The van der Waals surface area contributed by atoms with E-state index in [9.17, 15) is 9.50 Å². The first-order valence-electron chi connectivity index (χ1n) is 7.60. The Morgan fingerprint density at radius 2 is 1.85 bits per heavy atom. The molecular weight excluding hydrogens is 357 g/mol. The molecular formula is C17H12FN5O2S. The molecule has 0 unspecified atom stereocenters. The van der Waals surface area contributed by atoms with Crippen LogP contribution in [0.25, 0.3) is 17.0 Å². The number of phenolic OH excluding ortho intramolecular Hbond substituents is 1. The molecule has 9 heteroatoms. The van der Waals surface area contributed by atoms with Crippen molar-refractivity contribution < 1.29 is 13.9 Å². The Morgan fingerprint density at radius 3 is 2.62 bits per heavy atom. The van der Waals surface area contributed by atoms with Gasteiger partial charge in [-0.05, 0) is 59.0 Å². The quantitative estimate of drug-likeness (QED) is 0.539. The van der Waals surface area contributed by atoms with Crippen molar-refractivity contribution in [2.75, 3.05) is 0 Å². The van der Waals surface area contributed by atoms with Crippen LogP contribution in [0, 0.1) is 5.82 Å². The van der Waals surface area contributed by atoms with Crippen molar-refractivity contribution in [1.82, 2.24) is 25.2 Å². The molecule has 2 heterocycles. The zero-order chi connectivity index (χ0) is 17.9. The lowest BCUT2D eigenvalue weighted by atomic mass is 10.2. The predicted molar refractivity (Wildman–Crippen MR) is 92.3 cm³/mol. The van der Waals surface area contributed by atoms with E-state index in [0.717, 1.165) is 11.3 Å². The molecule has 0 radical (unpaired) electrons. The molecule has 130 valence electrons. The lowest BCUT2D eigenvalue weighted by Crippen LogP contribution is -1.98. The highest BCUT2D eigenvalue weighted by atomic mass is 32.2. The monoisotopic (exact) mass is 369 g/mol. The minimum atomic E-state index is -0.301. The summed E-state index contributed by atoms with van der Waals surface area (Å²) in [6, 6.07) is 12.6. The number of hydrogen-bond acceptors (Lipinski definition) is 7. The summed E-state index contributed by atoms with van der Waals surface area (Å²) in [4.78, 5) is 4.24. The molecule has 0 bridgehead atoms. The van der Waals surface area contributed by atoms with Gasteiger partial charge in [0.05, 0.1) is 17.6 Å². The van der Waals surface area contributed by atoms with Crippen LogP contribution in [0.4, 0.5) is 4.39 Å². The van der Waals surface area contributed by atoms with Gasteiger partial charge in [0.15, 0.2) is 5.76 Å². The van der Waals surface area contributed by atoms with Crippen molar-refractivity contribution in [3.05, 3.63) is 66.4 Å². The Kier molecular flexibility index (Phi) is 4.36. The summed E-state index contributed by atoms with van der Waals surface area (Å²) in [5, 5.41) is 21.6. The van der Waals surface area contributed by atoms with Crippen LogP contribution < -0.4 is 0 Å². The maximum Gasteiger partial charge on any atom is 0.214 e. The van der Waals surface area contributed by atoms with Crippen LogP contribution in [0.2, 0.25) is 0 Å². The second kappa shape index (κ2) is 6.96. The van der Waals surface area contributed by atoms with Gasteiger partial charge in [-0.15, -0.1) is 5.10 Å². The smallest absolute Gasteiger partial charge is 0.214 e. The maximum absolute atomic E-state index is 13.0. The summed E-state index contributed by atoms with van der Waals surface area (Å²) in [5.74, 6) is 1.38. The van der Waals surface area contributed by atoms with E-state index in [2.05, 4.69) is 20.5 Å². The largest absolute Gasteiger partial charge is 0.508 e. The Hall–Kier alpha value is -3.20. The summed E-state index contributed by atoms with van der Waals surface area (Å²) in [6.45, 7) is 0. The van der Waals surface area contributed by atoms with E-state index >= 15 is 0 Å². The Balaban J connectivity index is 1.48. The van der Waals surface area contributed by atoms with Crippen LogP contribution in [0.15, 0.2) is 64.3 Å². The number of benzene rings is 2. The van der Waals surface area contributed by atoms with Crippen molar-refractivity contribution in [2.24, 2.45) is 0 Å². The third kappa shape index (κ3) is 3.42. The molecule has 0 saturated heterocycles. The summed E-state index contributed by atoms with van der Waals surface area (Å²) in [7, 11) is 0. The van der Waals surface area contributed by atoms with Crippen LogP contribution in [0.3, 0.4) is 0 Å². The SMILES string of the molecule is Oc1ccc(-n2nnnc2SCc2ncc(-c3ccc(F)cc3)o2)cc1. The van der Waals surface area contributed by atoms with Gasteiger partial charge < -0.3 is 9.52 Å². The van der Waals surface area contributed by atoms with E-state index in [1.807, 2.05) is 0 Å². The van der Waals surface area contributed by atoms with Crippen LogP contribution >= 0.6 is 11.8 Å². The van der Waals surface area contributed by atoms with Crippen molar-refractivity contribution in [1.29, 1.82) is 0 Å². The van der Waals surface area contributed by atoms with Crippen LogP contribution in [0.1, 0.15) is 5.89 Å². The molecule has 0 aliphatic heterocycles. The van der Waals surface area contributed by atoms with Crippen molar-refractivity contribution in [3.8, 4) is 22.8 Å². The highest BCUT2D eigenvalue weighted by Gasteiger charge is 2.12. The van der Waals surface area contributed by atoms with E-state index in [0.29, 0.717) is 22.6 Å². The molecule has 0 aliphatic rings. The summed E-state index contributed by atoms with van der Waals surface area (Å²) in [5.41, 5.74) is 1.48. The average molecular weight is 369 g/mol. The van der Waals surface area contributed by atoms with Gasteiger partial charge in [-0.3, -0.25) is 0 Å². The average Bonchev–Trinajstić information content (AvgIpc) is 3.30. The molecule has 26 heavy (non-hydrogen) atoms. The van der Waals surface area contributed by atoms with Gasteiger partial charge >= 0.3 is 0 Å². The van der Waals surface area contributed by atoms with Gasteiger partial charge in [0.2, 0.25) is 11.0 Å². The van der Waals surface area contributed by atoms with E-state index in [1.54, 1.807) is 47.3 Å². The van der Waals surface area contributed by atoms with Crippen LogP contribution in [-0.4, -0.2) is 30.3 Å². The highest BCUT2D eigenvalue weighted by molar-refractivity contribution is 7.98. The van der Waals surface area contributed by atoms with Crippen molar-refractivity contribution in [3.63, 3.8) is 0 Å². The molecule has 0 amide bonds. The van der Waals surface area contributed by atoms with Crippen LogP contribution in [0.5, 0.6) is 5.75 Å². The zero-order valence-electron chi connectivity index (χ0n) is 13.3. The number of thioether (sulfide) groups is 1. The van der Waals surface area contributed by atoms with Gasteiger partial charge in [0.25, 0.3) is 0 Å². The number of nitrogens with zero attached hydrogens (tertiary/aromatic N) is 5. The first-order chi connectivity index (χ1) is 12.7. The molecule has 0 aliphatic carbocycles. The number of tetrazole rings is 1. The second-order valence-electron chi connectivity index (χ2n) is 5.30. The normalized spacial score (nSPS) is 11.0. The third-order valence-electron chi connectivity index (χ3n) is 3.54. The van der Waals surface area contributed by atoms with Gasteiger partial charge in [-0.25, -0.2) is 9.37 Å². The second-order valence-corrected chi connectivity index (χ2v) is 6.25. The standard InChI is InChI=1S/C17H12FN5O2S/c18-12-3-1-11(2-4-12)15-9-19-16(25-15)10-26-17-20-21-22-23(17)13-5-7-14(24)8-6-13/h1-9,24H,10H2. The number of oxazole rings is 1. The predicted octanol–water partition coefficient (Wildman–Crippen LogP) is 3.45. The lowest BCUT2D eigenvalue weighted by molar-refractivity contribution is 0.475. The van der Waals surface area contributed by atoms with E-state index in [4.69, 9.17) is 4.42 Å². The highest BCUT2D eigenvalue weighted by Crippen LogP contribution is 2.26. The number of rotatable bonds is 5. The number of aromatic nitrogens is 5. The molecule has 4 rings (SSSR count). The van der Waals surface area contributed by atoms with Gasteiger partial charge in [-0.2, -0.15) is 4.68 Å². The van der Waals surface area contributed by atoms with Crippen molar-refractivity contribution >= 4 is 11.8 Å². The molecule has 0 saturated carbocycles. The molecule has 4 aromatic rings. The Morgan fingerprint density at radius 1 is 1.08 bits per heavy atom. The maximum atomic E-state index is 13.0. The van der Waals surface area contributed by atoms with Crippen LogP contribution in [-0.2, 0) is 5.75 Å². The van der Waals surface area contributed by atoms with Crippen molar-refractivity contribution in [2.45, 2.75) is 10.9 Å². The first-order valence-corrected chi connectivity index (χ1v) is 8.59. The number of hydrogen-bond donors (Lipinski definition) is 1. The third-order valence-corrected chi connectivity index (χ3v) is 4.45. The molecule has 0 spiro atoms. The molecule has 0 atom stereocenters. The fourth-order valence-corrected chi connectivity index (χ4v) is 3.02. The topological polar surface area (TPSA) is 89.9 Å². The fraction of sp³-hybridized carbons (Fsp3) is 0.0588. The van der Waals surface area contributed by atoms with Gasteiger partial charge in [0, 0.05) is 5.56 Å². The number of aromatic hydroxyl groups is 1.